The largest absolute Gasteiger partial charge is 0.489 e. The predicted octanol–water partition coefficient (Wildman–Crippen LogP) is 4.76. The molecule has 0 unspecified atom stereocenters. The molecule has 0 heterocycles. The zero-order valence-electron chi connectivity index (χ0n) is 14.5. The van der Waals surface area contributed by atoms with E-state index in [2.05, 4.69) is 5.16 Å². The molecule has 0 bridgehead atoms. The minimum absolute atomic E-state index is 0.470. The van der Waals surface area contributed by atoms with Crippen molar-refractivity contribution in [3.63, 3.8) is 0 Å². The van der Waals surface area contributed by atoms with Crippen LogP contribution in [0.3, 0.4) is 0 Å². The van der Waals surface area contributed by atoms with Crippen LogP contribution < -0.4 is 4.74 Å². The van der Waals surface area contributed by atoms with Gasteiger partial charge < -0.3 is 9.57 Å². The Balaban J connectivity index is 1.51. The van der Waals surface area contributed by atoms with Crippen LogP contribution in [0.15, 0.2) is 84.0 Å². The Morgan fingerprint density at radius 3 is 2.31 bits per heavy atom. The molecule has 0 atom stereocenters. The fourth-order valence-corrected chi connectivity index (χ4v) is 2.27. The fraction of sp³-hybridized carbons (Fsp3) is 0.0909. The van der Waals surface area contributed by atoms with Crippen LogP contribution in [0.4, 0.5) is 0 Å². The second-order valence-corrected chi connectivity index (χ2v) is 5.82. The van der Waals surface area contributed by atoms with Gasteiger partial charge in [0.1, 0.15) is 12.4 Å². The van der Waals surface area contributed by atoms with E-state index in [0.29, 0.717) is 12.2 Å². The van der Waals surface area contributed by atoms with Gasteiger partial charge in [-0.05, 0) is 54.4 Å². The Kier molecular flexibility index (Phi) is 5.78. The van der Waals surface area contributed by atoms with Crippen molar-refractivity contribution in [3.8, 4) is 5.75 Å². The third-order valence-electron chi connectivity index (χ3n) is 3.75. The highest BCUT2D eigenvalue weighted by atomic mass is 16.7. The maximum atomic E-state index is 11.9. The number of benzene rings is 3. The minimum Gasteiger partial charge on any atom is -0.489 e. The van der Waals surface area contributed by atoms with Crippen molar-refractivity contribution >= 4 is 12.2 Å². The lowest BCUT2D eigenvalue weighted by Crippen LogP contribution is -2.00. The van der Waals surface area contributed by atoms with Gasteiger partial charge in [-0.15, -0.1) is 0 Å². The van der Waals surface area contributed by atoms with Gasteiger partial charge in [0.25, 0.3) is 0 Å². The summed E-state index contributed by atoms with van der Waals surface area (Å²) in [5.41, 5.74) is 3.48. The standard InChI is InChI=1S/C22H19NO3/c1-17-7-11-20(12-8-17)22(24)26-23-15-18-9-13-21(14-10-18)25-16-19-5-3-2-4-6-19/h2-15H,16H2,1H3/b23-15-. The second-order valence-electron chi connectivity index (χ2n) is 5.82. The van der Waals surface area contributed by atoms with Gasteiger partial charge in [0.05, 0.1) is 11.8 Å². The maximum Gasteiger partial charge on any atom is 0.365 e. The second kappa shape index (κ2) is 8.62. The molecule has 3 rings (SSSR count). The molecule has 0 aliphatic rings. The van der Waals surface area contributed by atoms with Crippen molar-refractivity contribution in [2.24, 2.45) is 5.16 Å². The topological polar surface area (TPSA) is 47.9 Å². The van der Waals surface area contributed by atoms with E-state index in [9.17, 15) is 4.79 Å². The third-order valence-corrected chi connectivity index (χ3v) is 3.75. The van der Waals surface area contributed by atoms with Gasteiger partial charge in [-0.25, -0.2) is 4.79 Å². The molecule has 0 saturated heterocycles. The molecule has 3 aromatic rings. The predicted molar refractivity (Wildman–Crippen MR) is 101 cm³/mol. The SMILES string of the molecule is Cc1ccc(C(=O)O/N=C\c2ccc(OCc3ccccc3)cc2)cc1. The normalized spacial score (nSPS) is 10.7. The molecular weight excluding hydrogens is 326 g/mol. The van der Waals surface area contributed by atoms with E-state index in [1.54, 1.807) is 12.1 Å². The van der Waals surface area contributed by atoms with E-state index < -0.39 is 5.97 Å². The average molecular weight is 345 g/mol. The molecule has 0 aliphatic carbocycles. The van der Waals surface area contributed by atoms with Crippen molar-refractivity contribution in [3.05, 3.63) is 101 Å². The molecule has 0 saturated carbocycles. The summed E-state index contributed by atoms with van der Waals surface area (Å²) in [6.45, 7) is 2.48. The molecule has 4 heteroatoms. The van der Waals surface area contributed by atoms with Crippen molar-refractivity contribution in [1.29, 1.82) is 0 Å². The average Bonchev–Trinajstić information content (AvgIpc) is 2.68. The number of oxime groups is 1. The van der Waals surface area contributed by atoms with E-state index in [1.165, 1.54) is 6.21 Å². The minimum atomic E-state index is -0.482. The van der Waals surface area contributed by atoms with Crippen LogP contribution in [-0.4, -0.2) is 12.2 Å². The van der Waals surface area contributed by atoms with Crippen molar-refractivity contribution < 1.29 is 14.4 Å². The van der Waals surface area contributed by atoms with Gasteiger partial charge in [0, 0.05) is 0 Å². The van der Waals surface area contributed by atoms with Gasteiger partial charge in [-0.3, -0.25) is 0 Å². The lowest BCUT2D eigenvalue weighted by Gasteiger charge is -2.06. The Morgan fingerprint density at radius 1 is 0.923 bits per heavy atom. The smallest absolute Gasteiger partial charge is 0.365 e. The van der Waals surface area contributed by atoms with Crippen LogP contribution >= 0.6 is 0 Å². The van der Waals surface area contributed by atoms with Gasteiger partial charge in [0.2, 0.25) is 0 Å². The molecule has 0 radical (unpaired) electrons. The van der Waals surface area contributed by atoms with Crippen molar-refractivity contribution in [1.82, 2.24) is 0 Å². The van der Waals surface area contributed by atoms with Gasteiger partial charge >= 0.3 is 5.97 Å². The number of hydrogen-bond acceptors (Lipinski definition) is 4. The van der Waals surface area contributed by atoms with Crippen molar-refractivity contribution in [2.75, 3.05) is 0 Å². The highest BCUT2D eigenvalue weighted by Crippen LogP contribution is 2.13. The van der Waals surface area contributed by atoms with Crippen LogP contribution in [0.5, 0.6) is 5.75 Å². The van der Waals surface area contributed by atoms with Gasteiger partial charge in [0.15, 0.2) is 0 Å². The number of nitrogens with zero attached hydrogens (tertiary/aromatic N) is 1. The lowest BCUT2D eigenvalue weighted by molar-refractivity contribution is 0.0519. The monoisotopic (exact) mass is 345 g/mol. The summed E-state index contributed by atoms with van der Waals surface area (Å²) in [7, 11) is 0. The van der Waals surface area contributed by atoms with Crippen LogP contribution in [0.1, 0.15) is 27.0 Å². The van der Waals surface area contributed by atoms with E-state index in [0.717, 1.165) is 22.4 Å². The lowest BCUT2D eigenvalue weighted by atomic mass is 10.2. The zero-order chi connectivity index (χ0) is 18.2. The number of ether oxygens (including phenoxy) is 1. The first-order chi connectivity index (χ1) is 12.7. The highest BCUT2D eigenvalue weighted by molar-refractivity contribution is 5.90. The van der Waals surface area contributed by atoms with E-state index >= 15 is 0 Å². The molecule has 26 heavy (non-hydrogen) atoms. The van der Waals surface area contributed by atoms with Crippen LogP contribution in [0.2, 0.25) is 0 Å². The van der Waals surface area contributed by atoms with E-state index in [-0.39, 0.29) is 0 Å². The quantitative estimate of drug-likeness (QED) is 0.367. The summed E-state index contributed by atoms with van der Waals surface area (Å²) >= 11 is 0. The summed E-state index contributed by atoms with van der Waals surface area (Å²) in [6, 6.07) is 24.5. The summed E-state index contributed by atoms with van der Waals surface area (Å²) < 4.78 is 5.73. The fourth-order valence-electron chi connectivity index (χ4n) is 2.27. The van der Waals surface area contributed by atoms with Crippen LogP contribution in [-0.2, 0) is 11.4 Å². The first-order valence-electron chi connectivity index (χ1n) is 8.29. The Labute approximate surface area is 152 Å². The molecule has 0 amide bonds. The highest BCUT2D eigenvalue weighted by Gasteiger charge is 2.05. The summed E-state index contributed by atoms with van der Waals surface area (Å²) in [6.07, 6.45) is 1.49. The first kappa shape index (κ1) is 17.4. The summed E-state index contributed by atoms with van der Waals surface area (Å²) in [4.78, 5) is 16.8. The van der Waals surface area contributed by atoms with Gasteiger partial charge in [-0.2, -0.15) is 0 Å². The number of carbonyl (C=O) groups excluding carboxylic acids is 1. The molecule has 0 fully saturated rings. The molecule has 0 aliphatic heterocycles. The van der Waals surface area contributed by atoms with Crippen molar-refractivity contribution in [2.45, 2.75) is 13.5 Å². The Morgan fingerprint density at radius 2 is 1.62 bits per heavy atom. The maximum absolute atomic E-state index is 11.9. The number of hydrogen-bond donors (Lipinski definition) is 0. The molecule has 4 nitrogen and oxygen atoms in total. The molecule has 0 aromatic heterocycles. The number of rotatable bonds is 6. The molecule has 0 N–H and O–H groups in total. The summed E-state index contributed by atoms with van der Waals surface area (Å²) in [5.74, 6) is 0.284. The van der Waals surface area contributed by atoms with E-state index in [4.69, 9.17) is 9.57 Å². The first-order valence-corrected chi connectivity index (χ1v) is 8.29. The third kappa shape index (κ3) is 5.05. The number of carbonyl (C=O) groups is 1. The number of aryl methyl sites for hydroxylation is 1. The Hall–Kier alpha value is -3.40. The van der Waals surface area contributed by atoms with Crippen LogP contribution in [0.25, 0.3) is 0 Å². The summed E-state index contributed by atoms with van der Waals surface area (Å²) in [5, 5.41) is 3.75. The van der Waals surface area contributed by atoms with Crippen LogP contribution in [0, 0.1) is 6.92 Å². The van der Waals surface area contributed by atoms with E-state index in [1.807, 2.05) is 73.7 Å². The molecular formula is C22H19NO3. The zero-order valence-corrected chi connectivity index (χ0v) is 14.5. The molecule has 130 valence electrons. The van der Waals surface area contributed by atoms with Gasteiger partial charge in [-0.1, -0.05) is 53.2 Å². The molecule has 0 spiro atoms. The Bertz CT molecular complexity index is 870. The molecule has 3 aromatic carbocycles.